The molecule has 1 heterocycles. The molecule has 3 heteroatoms. The molecule has 17 heavy (non-hydrogen) atoms. The van der Waals surface area contributed by atoms with Gasteiger partial charge in [0.1, 0.15) is 5.82 Å². The highest BCUT2D eigenvalue weighted by Gasteiger charge is 2.21. The monoisotopic (exact) mass is 233 g/mol. The summed E-state index contributed by atoms with van der Waals surface area (Å²) in [6, 6.07) is 3.85. The van der Waals surface area contributed by atoms with Gasteiger partial charge >= 0.3 is 0 Å². The maximum atomic E-state index is 8.23. The standard InChI is InChI=1S/C14H23N3/c1-10(2)9-17-13-11(7-6-8-16-13)12(15)14(3,4)5/h6-8,10,15H,9H2,1-5H3,(H,16,17). The number of hydrogen-bond donors (Lipinski definition) is 2. The first kappa shape index (κ1) is 13.7. The summed E-state index contributed by atoms with van der Waals surface area (Å²) < 4.78 is 0. The van der Waals surface area contributed by atoms with Crippen LogP contribution in [0.3, 0.4) is 0 Å². The highest BCUT2D eigenvalue weighted by molar-refractivity contribution is 6.05. The van der Waals surface area contributed by atoms with E-state index in [1.165, 1.54) is 0 Å². The quantitative estimate of drug-likeness (QED) is 0.781. The summed E-state index contributed by atoms with van der Waals surface area (Å²) in [6.45, 7) is 11.3. The molecule has 1 aromatic heterocycles. The van der Waals surface area contributed by atoms with Crippen LogP contribution in [0.2, 0.25) is 0 Å². The highest BCUT2D eigenvalue weighted by Crippen LogP contribution is 2.24. The zero-order valence-electron chi connectivity index (χ0n) is 11.5. The third-order valence-electron chi connectivity index (χ3n) is 2.50. The molecule has 0 aliphatic heterocycles. The van der Waals surface area contributed by atoms with Gasteiger partial charge < -0.3 is 10.7 Å². The number of nitrogens with one attached hydrogen (secondary N) is 2. The van der Waals surface area contributed by atoms with E-state index < -0.39 is 0 Å². The molecule has 0 saturated heterocycles. The molecule has 2 N–H and O–H groups in total. The Morgan fingerprint density at radius 2 is 2.06 bits per heavy atom. The summed E-state index contributed by atoms with van der Waals surface area (Å²) in [4.78, 5) is 4.33. The Bertz CT molecular complexity index is 389. The van der Waals surface area contributed by atoms with Crippen LogP contribution in [0.5, 0.6) is 0 Å². The maximum Gasteiger partial charge on any atom is 0.135 e. The zero-order chi connectivity index (χ0) is 13.1. The third-order valence-corrected chi connectivity index (χ3v) is 2.50. The van der Waals surface area contributed by atoms with E-state index in [1.54, 1.807) is 6.20 Å². The molecule has 3 nitrogen and oxygen atoms in total. The summed E-state index contributed by atoms with van der Waals surface area (Å²) in [7, 11) is 0. The third kappa shape index (κ3) is 3.84. The largest absolute Gasteiger partial charge is 0.369 e. The van der Waals surface area contributed by atoms with Gasteiger partial charge in [0, 0.05) is 29.4 Å². The van der Waals surface area contributed by atoms with Gasteiger partial charge in [-0.15, -0.1) is 0 Å². The van der Waals surface area contributed by atoms with E-state index in [0.29, 0.717) is 11.6 Å². The molecular weight excluding hydrogens is 210 g/mol. The second-order valence-electron chi connectivity index (χ2n) is 5.80. The molecule has 0 saturated carbocycles. The number of nitrogens with zero attached hydrogens (tertiary/aromatic N) is 1. The van der Waals surface area contributed by atoms with Gasteiger partial charge in [0.25, 0.3) is 0 Å². The van der Waals surface area contributed by atoms with Crippen LogP contribution in [0.15, 0.2) is 18.3 Å². The van der Waals surface area contributed by atoms with E-state index in [4.69, 9.17) is 5.41 Å². The predicted octanol–water partition coefficient (Wildman–Crippen LogP) is 3.56. The Morgan fingerprint density at radius 3 is 2.59 bits per heavy atom. The van der Waals surface area contributed by atoms with Crippen LogP contribution >= 0.6 is 0 Å². The molecule has 0 aromatic carbocycles. The van der Waals surface area contributed by atoms with Crippen LogP contribution in [0, 0.1) is 16.7 Å². The molecule has 0 amide bonds. The number of pyridine rings is 1. The van der Waals surface area contributed by atoms with Crippen molar-refractivity contribution >= 4 is 11.5 Å². The van der Waals surface area contributed by atoms with Gasteiger partial charge in [0.2, 0.25) is 0 Å². The summed E-state index contributed by atoms with van der Waals surface area (Å²) in [5, 5.41) is 11.5. The topological polar surface area (TPSA) is 48.8 Å². The first-order chi connectivity index (χ1) is 7.82. The fourth-order valence-electron chi connectivity index (χ4n) is 1.45. The van der Waals surface area contributed by atoms with E-state index in [2.05, 4.69) is 44.9 Å². The molecule has 0 aliphatic rings. The molecule has 0 fully saturated rings. The maximum absolute atomic E-state index is 8.23. The first-order valence-electron chi connectivity index (χ1n) is 6.10. The molecule has 1 aromatic rings. The first-order valence-corrected chi connectivity index (χ1v) is 6.10. The van der Waals surface area contributed by atoms with Gasteiger partial charge in [-0.2, -0.15) is 0 Å². The van der Waals surface area contributed by atoms with Crippen LogP contribution < -0.4 is 5.32 Å². The Balaban J connectivity index is 2.96. The summed E-state index contributed by atoms with van der Waals surface area (Å²) in [5.74, 6) is 1.38. The normalized spacial score (nSPS) is 11.6. The number of aromatic nitrogens is 1. The van der Waals surface area contributed by atoms with Gasteiger partial charge in [0.05, 0.1) is 0 Å². The fourth-order valence-corrected chi connectivity index (χ4v) is 1.45. The molecule has 0 aliphatic carbocycles. The average molecular weight is 233 g/mol. The lowest BCUT2D eigenvalue weighted by atomic mass is 9.86. The Labute approximate surface area is 104 Å². The summed E-state index contributed by atoms with van der Waals surface area (Å²) in [6.07, 6.45) is 1.77. The lowest BCUT2D eigenvalue weighted by Crippen LogP contribution is -2.22. The smallest absolute Gasteiger partial charge is 0.135 e. The van der Waals surface area contributed by atoms with Crippen molar-refractivity contribution in [2.75, 3.05) is 11.9 Å². The van der Waals surface area contributed by atoms with Gasteiger partial charge in [-0.05, 0) is 18.1 Å². The SMILES string of the molecule is CC(C)CNc1ncccc1C(=N)C(C)(C)C. The van der Waals surface area contributed by atoms with Crippen molar-refractivity contribution in [3.05, 3.63) is 23.9 Å². The molecule has 0 bridgehead atoms. The van der Waals surface area contributed by atoms with Crippen molar-refractivity contribution in [1.29, 1.82) is 5.41 Å². The van der Waals surface area contributed by atoms with Crippen LogP contribution in [0.1, 0.15) is 40.2 Å². The Kier molecular flexibility index (Phi) is 4.27. The lowest BCUT2D eigenvalue weighted by molar-refractivity contribution is 0.588. The Morgan fingerprint density at radius 1 is 1.41 bits per heavy atom. The lowest BCUT2D eigenvalue weighted by Gasteiger charge is -2.22. The minimum atomic E-state index is -0.155. The van der Waals surface area contributed by atoms with Crippen molar-refractivity contribution in [3.63, 3.8) is 0 Å². The average Bonchev–Trinajstić information content (AvgIpc) is 2.24. The van der Waals surface area contributed by atoms with Crippen LogP contribution in [0.25, 0.3) is 0 Å². The highest BCUT2D eigenvalue weighted by atomic mass is 15.0. The molecule has 0 unspecified atom stereocenters. The molecule has 0 radical (unpaired) electrons. The molecule has 0 atom stereocenters. The van der Waals surface area contributed by atoms with E-state index in [9.17, 15) is 0 Å². The van der Waals surface area contributed by atoms with Crippen molar-refractivity contribution in [1.82, 2.24) is 4.98 Å². The number of rotatable bonds is 4. The van der Waals surface area contributed by atoms with Gasteiger partial charge in [-0.25, -0.2) is 4.98 Å². The van der Waals surface area contributed by atoms with Gasteiger partial charge in [0.15, 0.2) is 0 Å². The second kappa shape index (κ2) is 5.30. The van der Waals surface area contributed by atoms with E-state index >= 15 is 0 Å². The van der Waals surface area contributed by atoms with Crippen LogP contribution in [-0.2, 0) is 0 Å². The summed E-state index contributed by atoms with van der Waals surface area (Å²) in [5.41, 5.74) is 1.37. The van der Waals surface area contributed by atoms with Crippen molar-refractivity contribution in [2.45, 2.75) is 34.6 Å². The minimum Gasteiger partial charge on any atom is -0.369 e. The van der Waals surface area contributed by atoms with Crippen molar-refractivity contribution in [3.8, 4) is 0 Å². The van der Waals surface area contributed by atoms with Gasteiger partial charge in [-0.3, -0.25) is 0 Å². The molecule has 0 spiro atoms. The van der Waals surface area contributed by atoms with E-state index in [-0.39, 0.29) is 5.41 Å². The van der Waals surface area contributed by atoms with E-state index in [0.717, 1.165) is 17.9 Å². The fraction of sp³-hybridized carbons (Fsp3) is 0.571. The predicted molar refractivity (Wildman–Crippen MR) is 73.8 cm³/mol. The Hall–Kier alpha value is -1.38. The number of hydrogen-bond acceptors (Lipinski definition) is 3. The zero-order valence-corrected chi connectivity index (χ0v) is 11.5. The number of anilines is 1. The van der Waals surface area contributed by atoms with Crippen LogP contribution in [-0.4, -0.2) is 17.2 Å². The van der Waals surface area contributed by atoms with Gasteiger partial charge in [-0.1, -0.05) is 34.6 Å². The minimum absolute atomic E-state index is 0.155. The van der Waals surface area contributed by atoms with Crippen LogP contribution in [0.4, 0.5) is 5.82 Å². The molecule has 94 valence electrons. The van der Waals surface area contributed by atoms with Crippen molar-refractivity contribution in [2.24, 2.45) is 11.3 Å². The van der Waals surface area contributed by atoms with Crippen molar-refractivity contribution < 1.29 is 0 Å². The molecular formula is C14H23N3. The summed E-state index contributed by atoms with van der Waals surface area (Å²) >= 11 is 0. The molecule has 1 rings (SSSR count). The van der Waals surface area contributed by atoms with E-state index in [1.807, 2.05) is 12.1 Å². The second-order valence-corrected chi connectivity index (χ2v) is 5.80.